The van der Waals surface area contributed by atoms with Crippen molar-refractivity contribution in [1.29, 1.82) is 5.26 Å². The van der Waals surface area contributed by atoms with Crippen LogP contribution < -0.4 is 0 Å². The highest BCUT2D eigenvalue weighted by Gasteiger charge is 2.17. The Morgan fingerprint density at radius 1 is 1.09 bits per heavy atom. The van der Waals surface area contributed by atoms with Crippen molar-refractivity contribution in [2.75, 3.05) is 0 Å². The van der Waals surface area contributed by atoms with Crippen LogP contribution in [0.25, 0.3) is 10.2 Å². The van der Waals surface area contributed by atoms with E-state index in [4.69, 9.17) is 5.26 Å². The lowest BCUT2D eigenvalue weighted by Gasteiger charge is -2.03. The van der Waals surface area contributed by atoms with Crippen LogP contribution in [-0.2, 0) is 12.8 Å². The fourth-order valence-electron chi connectivity index (χ4n) is 2.52. The Labute approximate surface area is 134 Å². The lowest BCUT2D eigenvalue weighted by atomic mass is 10.0. The molecule has 0 aliphatic rings. The first-order chi connectivity index (χ1) is 11.0. The summed E-state index contributed by atoms with van der Waals surface area (Å²) in [6.45, 7) is 1.91. The van der Waals surface area contributed by atoms with Crippen molar-refractivity contribution in [3.63, 3.8) is 0 Å². The number of nitriles is 1. The van der Waals surface area contributed by atoms with Crippen LogP contribution in [0.2, 0.25) is 0 Å². The van der Waals surface area contributed by atoms with Crippen LogP contribution in [0, 0.1) is 35.7 Å². The van der Waals surface area contributed by atoms with Gasteiger partial charge in [-0.15, -0.1) is 11.3 Å². The molecule has 23 heavy (non-hydrogen) atoms. The minimum atomic E-state index is -1.24. The molecule has 1 aromatic heterocycles. The zero-order valence-electron chi connectivity index (χ0n) is 12.2. The van der Waals surface area contributed by atoms with Crippen LogP contribution >= 0.6 is 11.3 Å². The normalized spacial score (nSPS) is 10.9. The maximum absolute atomic E-state index is 13.7. The molecule has 0 amide bonds. The zero-order chi connectivity index (χ0) is 16.6. The van der Waals surface area contributed by atoms with Gasteiger partial charge in [-0.3, -0.25) is 0 Å². The molecule has 2 aromatic carbocycles. The zero-order valence-corrected chi connectivity index (χ0v) is 13.0. The van der Waals surface area contributed by atoms with Crippen molar-refractivity contribution < 1.29 is 13.2 Å². The van der Waals surface area contributed by atoms with Gasteiger partial charge in [-0.1, -0.05) is 23.8 Å². The summed E-state index contributed by atoms with van der Waals surface area (Å²) in [7, 11) is 0. The number of fused-ring (bicyclic) bond motifs is 1. The SMILES string of the molecule is Cc1cc(CC#N)cc(Cc2nc3c(F)c(F)cc(F)c3s2)c1. The molecule has 0 saturated heterocycles. The van der Waals surface area contributed by atoms with Gasteiger partial charge in [0.15, 0.2) is 11.6 Å². The molecule has 0 radical (unpaired) electrons. The summed E-state index contributed by atoms with van der Waals surface area (Å²) in [5.41, 5.74) is 2.51. The summed E-state index contributed by atoms with van der Waals surface area (Å²) < 4.78 is 40.7. The van der Waals surface area contributed by atoms with Crippen LogP contribution in [0.1, 0.15) is 21.7 Å². The maximum atomic E-state index is 13.7. The second kappa shape index (κ2) is 6.01. The average molecular weight is 332 g/mol. The quantitative estimate of drug-likeness (QED) is 0.653. The van der Waals surface area contributed by atoms with E-state index >= 15 is 0 Å². The number of benzene rings is 2. The van der Waals surface area contributed by atoms with Gasteiger partial charge < -0.3 is 0 Å². The molecule has 0 unspecified atom stereocenters. The lowest BCUT2D eigenvalue weighted by Crippen LogP contribution is -1.92. The van der Waals surface area contributed by atoms with Crippen molar-refractivity contribution in [3.05, 3.63) is 63.4 Å². The first-order valence-electron chi connectivity index (χ1n) is 6.87. The molecular formula is C17H11F3N2S. The van der Waals surface area contributed by atoms with E-state index in [0.29, 0.717) is 23.9 Å². The second-order valence-corrected chi connectivity index (χ2v) is 6.36. The van der Waals surface area contributed by atoms with Crippen LogP contribution in [0.5, 0.6) is 0 Å². The number of nitrogens with zero attached hydrogens (tertiary/aromatic N) is 2. The summed E-state index contributed by atoms with van der Waals surface area (Å²) in [6, 6.07) is 8.35. The third-order valence-electron chi connectivity index (χ3n) is 3.39. The van der Waals surface area contributed by atoms with Gasteiger partial charge in [0.2, 0.25) is 0 Å². The van der Waals surface area contributed by atoms with Gasteiger partial charge in [-0.2, -0.15) is 5.26 Å². The Hall–Kier alpha value is -2.39. The van der Waals surface area contributed by atoms with Gasteiger partial charge in [0.25, 0.3) is 0 Å². The van der Waals surface area contributed by atoms with Gasteiger partial charge in [0.1, 0.15) is 11.3 Å². The third-order valence-corrected chi connectivity index (χ3v) is 4.46. The molecule has 0 aliphatic carbocycles. The fourth-order valence-corrected chi connectivity index (χ4v) is 3.52. The largest absolute Gasteiger partial charge is 0.238 e. The molecule has 1 heterocycles. The van der Waals surface area contributed by atoms with E-state index in [-0.39, 0.29) is 10.2 Å². The number of aryl methyl sites for hydroxylation is 1. The van der Waals surface area contributed by atoms with Crippen molar-refractivity contribution in [2.24, 2.45) is 0 Å². The molecule has 3 rings (SSSR count). The lowest BCUT2D eigenvalue weighted by molar-refractivity contribution is 0.504. The molecule has 0 saturated carbocycles. The van der Waals surface area contributed by atoms with E-state index in [1.165, 1.54) is 0 Å². The topological polar surface area (TPSA) is 36.7 Å². The van der Waals surface area contributed by atoms with Gasteiger partial charge in [-0.05, 0) is 18.1 Å². The number of aromatic nitrogens is 1. The summed E-state index contributed by atoms with van der Waals surface area (Å²) in [4.78, 5) is 4.03. The van der Waals surface area contributed by atoms with E-state index in [2.05, 4.69) is 11.1 Å². The van der Waals surface area contributed by atoms with Crippen LogP contribution in [0.3, 0.4) is 0 Å². The highest BCUT2D eigenvalue weighted by atomic mass is 32.1. The number of rotatable bonds is 3. The Kier molecular flexibility index (Phi) is 4.05. The Morgan fingerprint density at radius 3 is 2.57 bits per heavy atom. The molecule has 0 bridgehead atoms. The molecule has 6 heteroatoms. The highest BCUT2D eigenvalue weighted by molar-refractivity contribution is 7.18. The van der Waals surface area contributed by atoms with Gasteiger partial charge >= 0.3 is 0 Å². The van der Waals surface area contributed by atoms with Crippen molar-refractivity contribution in [2.45, 2.75) is 19.8 Å². The van der Waals surface area contributed by atoms with Crippen LogP contribution in [0.4, 0.5) is 13.2 Å². The molecule has 116 valence electrons. The van der Waals surface area contributed by atoms with Crippen LogP contribution in [-0.4, -0.2) is 4.98 Å². The molecule has 3 aromatic rings. The first kappa shape index (κ1) is 15.5. The summed E-state index contributed by atoms with van der Waals surface area (Å²) in [6.07, 6.45) is 0.670. The van der Waals surface area contributed by atoms with E-state index in [1.54, 1.807) is 0 Å². The van der Waals surface area contributed by atoms with Crippen LogP contribution in [0.15, 0.2) is 24.3 Å². The smallest absolute Gasteiger partial charge is 0.186 e. The Bertz CT molecular complexity index is 941. The Balaban J connectivity index is 2.01. The van der Waals surface area contributed by atoms with E-state index in [0.717, 1.165) is 28.0 Å². The summed E-state index contributed by atoms with van der Waals surface area (Å²) in [5, 5.41) is 9.29. The average Bonchev–Trinajstić information content (AvgIpc) is 2.89. The van der Waals surface area contributed by atoms with E-state index in [9.17, 15) is 13.2 Å². The minimum Gasteiger partial charge on any atom is -0.238 e. The monoisotopic (exact) mass is 332 g/mol. The van der Waals surface area contributed by atoms with E-state index < -0.39 is 17.5 Å². The predicted molar refractivity (Wildman–Crippen MR) is 82.8 cm³/mol. The van der Waals surface area contributed by atoms with Gasteiger partial charge in [0.05, 0.1) is 22.2 Å². The predicted octanol–water partition coefficient (Wildman–Crippen LogP) is 4.68. The molecule has 0 spiro atoms. The highest BCUT2D eigenvalue weighted by Crippen LogP contribution is 2.30. The summed E-state index contributed by atoms with van der Waals surface area (Å²) >= 11 is 1.01. The van der Waals surface area contributed by atoms with Gasteiger partial charge in [-0.25, -0.2) is 18.2 Å². The third kappa shape index (κ3) is 3.06. The number of hydrogen-bond donors (Lipinski definition) is 0. The number of thiazole rings is 1. The maximum Gasteiger partial charge on any atom is 0.186 e. The van der Waals surface area contributed by atoms with Crippen molar-refractivity contribution in [3.8, 4) is 6.07 Å². The molecule has 0 N–H and O–H groups in total. The summed E-state index contributed by atoms with van der Waals surface area (Å²) in [5.74, 6) is -3.17. The molecule has 2 nitrogen and oxygen atoms in total. The second-order valence-electron chi connectivity index (χ2n) is 5.28. The Morgan fingerprint density at radius 2 is 1.83 bits per heavy atom. The molecule has 0 atom stereocenters. The molecule has 0 aliphatic heterocycles. The number of hydrogen-bond acceptors (Lipinski definition) is 3. The van der Waals surface area contributed by atoms with E-state index in [1.807, 2.05) is 25.1 Å². The molecular weight excluding hydrogens is 321 g/mol. The van der Waals surface area contributed by atoms with Crippen molar-refractivity contribution >= 4 is 21.6 Å². The minimum absolute atomic E-state index is 0.0174. The molecule has 0 fully saturated rings. The standard InChI is InChI=1S/C17H11F3N2S/c1-9-4-10(2-3-21)6-11(5-9)7-14-22-16-15(20)12(18)8-13(19)17(16)23-14/h4-6,8H,2,7H2,1H3. The van der Waals surface area contributed by atoms with Gasteiger partial charge in [0, 0.05) is 12.5 Å². The first-order valence-corrected chi connectivity index (χ1v) is 7.69. The van der Waals surface area contributed by atoms with Crippen molar-refractivity contribution in [1.82, 2.24) is 4.98 Å². The fraction of sp³-hybridized carbons (Fsp3) is 0.176. The number of halogens is 3.